The largest absolute Gasteiger partial charge is 0.462 e. The third-order valence-corrected chi connectivity index (χ3v) is 3.78. The van der Waals surface area contributed by atoms with E-state index in [2.05, 4.69) is 30.1 Å². The van der Waals surface area contributed by atoms with Gasteiger partial charge in [0.05, 0.1) is 13.2 Å². The lowest BCUT2D eigenvalue weighted by Crippen LogP contribution is -2.23. The molecule has 114 valence electrons. The second kappa shape index (κ2) is 8.45. The summed E-state index contributed by atoms with van der Waals surface area (Å²) in [6.45, 7) is 11.0. The number of furan rings is 1. The van der Waals surface area contributed by atoms with Crippen LogP contribution in [0.15, 0.2) is 10.5 Å². The van der Waals surface area contributed by atoms with Gasteiger partial charge >= 0.3 is 0 Å². The van der Waals surface area contributed by atoms with Crippen LogP contribution in [0.5, 0.6) is 0 Å². The summed E-state index contributed by atoms with van der Waals surface area (Å²) in [7, 11) is 0. The summed E-state index contributed by atoms with van der Waals surface area (Å²) in [5.41, 5.74) is 1.21. The van der Waals surface area contributed by atoms with E-state index in [0.717, 1.165) is 44.2 Å². The molecule has 1 N–H and O–H groups in total. The lowest BCUT2D eigenvalue weighted by atomic mass is 10.2. The SMILES string of the molecule is CCCNCc1oc(COCCN2CCCC2)cc1C. The summed E-state index contributed by atoms with van der Waals surface area (Å²) in [4.78, 5) is 2.47. The number of nitrogens with zero attached hydrogens (tertiary/aromatic N) is 1. The van der Waals surface area contributed by atoms with Gasteiger partial charge in [0, 0.05) is 6.54 Å². The number of aryl methyl sites for hydroxylation is 1. The van der Waals surface area contributed by atoms with E-state index < -0.39 is 0 Å². The minimum atomic E-state index is 0.586. The van der Waals surface area contributed by atoms with Crippen LogP contribution in [0.3, 0.4) is 0 Å². The fourth-order valence-corrected chi connectivity index (χ4v) is 2.59. The highest BCUT2D eigenvalue weighted by Crippen LogP contribution is 2.15. The molecular weight excluding hydrogens is 252 g/mol. The van der Waals surface area contributed by atoms with Crippen LogP contribution < -0.4 is 5.32 Å². The van der Waals surface area contributed by atoms with Gasteiger partial charge in [-0.1, -0.05) is 6.92 Å². The fraction of sp³-hybridized carbons (Fsp3) is 0.750. The molecule has 1 saturated heterocycles. The summed E-state index contributed by atoms with van der Waals surface area (Å²) in [5.74, 6) is 1.98. The first-order chi connectivity index (χ1) is 9.79. The Morgan fingerprint density at radius 1 is 1.35 bits per heavy atom. The first-order valence-corrected chi connectivity index (χ1v) is 7.88. The Kier molecular flexibility index (Phi) is 6.57. The number of ether oxygens (including phenoxy) is 1. The van der Waals surface area contributed by atoms with Crippen LogP contribution in [0.4, 0.5) is 0 Å². The molecule has 1 aliphatic rings. The molecule has 4 nitrogen and oxygen atoms in total. The molecule has 0 spiro atoms. The molecule has 1 fully saturated rings. The maximum atomic E-state index is 5.83. The molecule has 0 saturated carbocycles. The first-order valence-electron chi connectivity index (χ1n) is 7.88. The zero-order chi connectivity index (χ0) is 14.2. The molecule has 0 unspecified atom stereocenters. The maximum Gasteiger partial charge on any atom is 0.130 e. The Bertz CT molecular complexity index is 384. The summed E-state index contributed by atoms with van der Waals surface area (Å²) in [6.07, 6.45) is 3.82. The van der Waals surface area contributed by atoms with Crippen LogP contribution in [0.2, 0.25) is 0 Å². The third kappa shape index (κ3) is 4.93. The number of hydrogen-bond acceptors (Lipinski definition) is 4. The van der Waals surface area contributed by atoms with Crippen molar-refractivity contribution >= 4 is 0 Å². The van der Waals surface area contributed by atoms with Gasteiger partial charge in [-0.25, -0.2) is 0 Å². The van der Waals surface area contributed by atoms with Crippen molar-refractivity contribution in [2.75, 3.05) is 32.8 Å². The highest BCUT2D eigenvalue weighted by atomic mass is 16.5. The van der Waals surface area contributed by atoms with E-state index in [1.165, 1.54) is 31.5 Å². The van der Waals surface area contributed by atoms with E-state index in [4.69, 9.17) is 9.15 Å². The molecule has 0 aromatic carbocycles. The smallest absolute Gasteiger partial charge is 0.130 e. The van der Waals surface area contributed by atoms with Crippen LogP contribution in [0.25, 0.3) is 0 Å². The molecule has 20 heavy (non-hydrogen) atoms. The number of nitrogens with one attached hydrogen (secondary N) is 1. The predicted molar refractivity (Wildman–Crippen MR) is 80.8 cm³/mol. The van der Waals surface area contributed by atoms with Crippen molar-refractivity contribution in [2.24, 2.45) is 0 Å². The topological polar surface area (TPSA) is 37.6 Å². The molecule has 0 amide bonds. The summed E-state index contributed by atoms with van der Waals surface area (Å²) < 4.78 is 11.6. The monoisotopic (exact) mass is 280 g/mol. The molecule has 0 aliphatic carbocycles. The second-order valence-electron chi connectivity index (χ2n) is 5.60. The average molecular weight is 280 g/mol. The zero-order valence-electron chi connectivity index (χ0n) is 12.9. The molecule has 0 bridgehead atoms. The van der Waals surface area contributed by atoms with Gasteiger partial charge in [-0.05, 0) is 57.5 Å². The minimum Gasteiger partial charge on any atom is -0.462 e. The Morgan fingerprint density at radius 2 is 2.15 bits per heavy atom. The van der Waals surface area contributed by atoms with Crippen LogP contribution in [-0.4, -0.2) is 37.7 Å². The molecule has 0 radical (unpaired) electrons. The highest BCUT2D eigenvalue weighted by molar-refractivity contribution is 5.19. The molecule has 0 atom stereocenters. The van der Waals surface area contributed by atoms with E-state index in [1.807, 2.05) is 0 Å². The van der Waals surface area contributed by atoms with Gasteiger partial charge in [0.15, 0.2) is 0 Å². The van der Waals surface area contributed by atoms with Crippen LogP contribution in [0, 0.1) is 6.92 Å². The van der Waals surface area contributed by atoms with Gasteiger partial charge in [-0.2, -0.15) is 0 Å². The maximum absolute atomic E-state index is 5.83. The molecule has 2 rings (SSSR count). The quantitative estimate of drug-likeness (QED) is 0.706. The number of likely N-dealkylation sites (tertiary alicyclic amines) is 1. The molecule has 1 aliphatic heterocycles. The van der Waals surface area contributed by atoms with E-state index in [0.29, 0.717) is 6.61 Å². The summed E-state index contributed by atoms with van der Waals surface area (Å²) >= 11 is 0. The third-order valence-electron chi connectivity index (χ3n) is 3.78. The standard InChI is InChI=1S/C16H28N2O2/c1-3-6-17-12-16-14(2)11-15(20-16)13-19-10-9-18-7-4-5-8-18/h11,17H,3-10,12-13H2,1-2H3. The van der Waals surface area contributed by atoms with Crippen LogP contribution in [-0.2, 0) is 17.9 Å². The van der Waals surface area contributed by atoms with Gasteiger partial charge in [-0.15, -0.1) is 0 Å². The summed E-state index contributed by atoms with van der Waals surface area (Å²) in [5, 5.41) is 3.37. The number of rotatable bonds is 9. The lowest BCUT2D eigenvalue weighted by molar-refractivity contribution is 0.0867. The van der Waals surface area contributed by atoms with Crippen LogP contribution in [0.1, 0.15) is 43.3 Å². The van der Waals surface area contributed by atoms with Gasteiger partial charge in [0.25, 0.3) is 0 Å². The fourth-order valence-electron chi connectivity index (χ4n) is 2.59. The Hall–Kier alpha value is -0.840. The second-order valence-corrected chi connectivity index (χ2v) is 5.60. The van der Waals surface area contributed by atoms with Gasteiger partial charge in [0.2, 0.25) is 0 Å². The Morgan fingerprint density at radius 3 is 2.90 bits per heavy atom. The molecule has 2 heterocycles. The van der Waals surface area contributed by atoms with Crippen LogP contribution >= 0.6 is 0 Å². The molecular formula is C16H28N2O2. The van der Waals surface area contributed by atoms with Crippen molar-refractivity contribution in [1.82, 2.24) is 10.2 Å². The summed E-state index contributed by atoms with van der Waals surface area (Å²) in [6, 6.07) is 2.10. The molecule has 1 aromatic rings. The van der Waals surface area contributed by atoms with Crippen molar-refractivity contribution in [3.8, 4) is 0 Å². The molecule has 1 aromatic heterocycles. The van der Waals surface area contributed by atoms with Gasteiger partial charge in [-0.3, -0.25) is 0 Å². The highest BCUT2D eigenvalue weighted by Gasteiger charge is 2.11. The predicted octanol–water partition coefficient (Wildman–Crippen LogP) is 2.70. The van der Waals surface area contributed by atoms with Gasteiger partial charge in [0.1, 0.15) is 18.1 Å². The number of hydrogen-bond donors (Lipinski definition) is 1. The lowest BCUT2D eigenvalue weighted by Gasteiger charge is -2.13. The zero-order valence-corrected chi connectivity index (χ0v) is 12.9. The van der Waals surface area contributed by atoms with Crippen molar-refractivity contribution in [1.29, 1.82) is 0 Å². The van der Waals surface area contributed by atoms with Crippen molar-refractivity contribution in [3.63, 3.8) is 0 Å². The van der Waals surface area contributed by atoms with E-state index in [-0.39, 0.29) is 0 Å². The van der Waals surface area contributed by atoms with Crippen molar-refractivity contribution in [3.05, 3.63) is 23.2 Å². The first kappa shape index (κ1) is 15.5. The molecule has 4 heteroatoms. The van der Waals surface area contributed by atoms with Crippen molar-refractivity contribution in [2.45, 2.75) is 46.3 Å². The minimum absolute atomic E-state index is 0.586. The Balaban J connectivity index is 1.65. The Labute approximate surface area is 122 Å². The van der Waals surface area contributed by atoms with Gasteiger partial charge < -0.3 is 19.4 Å². The van der Waals surface area contributed by atoms with E-state index in [9.17, 15) is 0 Å². The van der Waals surface area contributed by atoms with E-state index >= 15 is 0 Å². The normalized spacial score (nSPS) is 16.1. The van der Waals surface area contributed by atoms with Crippen molar-refractivity contribution < 1.29 is 9.15 Å². The van der Waals surface area contributed by atoms with E-state index in [1.54, 1.807) is 0 Å². The average Bonchev–Trinajstić information content (AvgIpc) is 3.06.